The van der Waals surface area contributed by atoms with E-state index in [1.165, 1.54) is 0 Å². The topological polar surface area (TPSA) is 30.5 Å². The molecule has 0 aliphatic rings. The average molecular weight is 244 g/mol. The predicted octanol–water partition coefficient (Wildman–Crippen LogP) is 3.04. The molecule has 16 heavy (non-hydrogen) atoms. The van der Waals surface area contributed by atoms with Crippen LogP contribution in [0.3, 0.4) is 0 Å². The molecule has 1 N–H and O–H groups in total. The lowest BCUT2D eigenvalue weighted by Crippen LogP contribution is -2.16. The molecule has 1 unspecified atom stereocenters. The van der Waals surface area contributed by atoms with Gasteiger partial charge in [-0.25, -0.2) is 0 Å². The Kier molecular flexibility index (Phi) is 5.43. The molecule has 0 saturated heterocycles. The fourth-order valence-electron chi connectivity index (χ4n) is 1.45. The molecule has 0 bridgehead atoms. The molecule has 1 aromatic carbocycles. The number of anilines is 1. The van der Waals surface area contributed by atoms with Crippen LogP contribution in [0.2, 0.25) is 5.02 Å². The highest BCUT2D eigenvalue weighted by molar-refractivity contribution is 6.30. The summed E-state index contributed by atoms with van der Waals surface area (Å²) in [6.45, 7) is 3.67. The van der Waals surface area contributed by atoms with E-state index in [9.17, 15) is 0 Å². The van der Waals surface area contributed by atoms with Crippen molar-refractivity contribution in [2.75, 3.05) is 32.7 Å². The fraction of sp³-hybridized carbons (Fsp3) is 0.500. The zero-order chi connectivity index (χ0) is 12.0. The maximum Gasteiger partial charge on any atom is 0.142 e. The van der Waals surface area contributed by atoms with Crippen LogP contribution in [0, 0.1) is 5.92 Å². The minimum Gasteiger partial charge on any atom is -0.495 e. The second kappa shape index (κ2) is 6.61. The molecular formula is C12H18ClNO2. The maximum atomic E-state index is 5.93. The average Bonchev–Trinajstić information content (AvgIpc) is 2.27. The summed E-state index contributed by atoms with van der Waals surface area (Å²) in [7, 11) is 3.35. The number of rotatable bonds is 6. The number of halogens is 1. The Morgan fingerprint density at radius 3 is 2.75 bits per heavy atom. The molecule has 90 valence electrons. The van der Waals surface area contributed by atoms with Gasteiger partial charge in [-0.05, 0) is 24.1 Å². The Morgan fingerprint density at radius 1 is 1.38 bits per heavy atom. The third-order valence-electron chi connectivity index (χ3n) is 2.25. The molecule has 0 radical (unpaired) electrons. The highest BCUT2D eigenvalue weighted by atomic mass is 35.5. The Balaban J connectivity index is 2.61. The molecule has 3 nitrogen and oxygen atoms in total. The van der Waals surface area contributed by atoms with Gasteiger partial charge in [-0.2, -0.15) is 0 Å². The van der Waals surface area contributed by atoms with Gasteiger partial charge >= 0.3 is 0 Å². The first-order valence-electron chi connectivity index (χ1n) is 5.23. The highest BCUT2D eigenvalue weighted by Crippen LogP contribution is 2.27. The van der Waals surface area contributed by atoms with E-state index in [1.54, 1.807) is 14.2 Å². The van der Waals surface area contributed by atoms with E-state index in [2.05, 4.69) is 12.2 Å². The van der Waals surface area contributed by atoms with E-state index < -0.39 is 0 Å². The van der Waals surface area contributed by atoms with E-state index in [4.69, 9.17) is 21.1 Å². The summed E-state index contributed by atoms with van der Waals surface area (Å²) in [5.74, 6) is 1.24. The van der Waals surface area contributed by atoms with Crippen molar-refractivity contribution < 1.29 is 9.47 Å². The molecule has 1 aromatic rings. The largest absolute Gasteiger partial charge is 0.495 e. The van der Waals surface area contributed by atoms with Crippen LogP contribution in [0.5, 0.6) is 5.75 Å². The van der Waals surface area contributed by atoms with Crippen molar-refractivity contribution in [3.8, 4) is 5.75 Å². The second-order valence-corrected chi connectivity index (χ2v) is 4.22. The van der Waals surface area contributed by atoms with Gasteiger partial charge in [0.1, 0.15) is 5.75 Å². The van der Waals surface area contributed by atoms with Crippen LogP contribution in [0.25, 0.3) is 0 Å². The Bertz CT molecular complexity index is 331. The first-order valence-corrected chi connectivity index (χ1v) is 5.61. The van der Waals surface area contributed by atoms with E-state index in [1.807, 2.05) is 18.2 Å². The Labute approximate surface area is 102 Å². The van der Waals surface area contributed by atoms with Gasteiger partial charge in [-0.1, -0.05) is 18.5 Å². The zero-order valence-electron chi connectivity index (χ0n) is 9.92. The van der Waals surface area contributed by atoms with Crippen LogP contribution >= 0.6 is 11.6 Å². The number of nitrogens with one attached hydrogen (secondary N) is 1. The molecule has 0 heterocycles. The Hall–Kier alpha value is -0.930. The first kappa shape index (κ1) is 13.1. The van der Waals surface area contributed by atoms with Crippen LogP contribution in [-0.2, 0) is 4.74 Å². The third-order valence-corrected chi connectivity index (χ3v) is 2.49. The minimum atomic E-state index is 0.439. The van der Waals surface area contributed by atoms with E-state index in [0.29, 0.717) is 10.9 Å². The van der Waals surface area contributed by atoms with Crippen molar-refractivity contribution in [1.82, 2.24) is 0 Å². The summed E-state index contributed by atoms with van der Waals surface area (Å²) in [6.07, 6.45) is 0. The summed E-state index contributed by atoms with van der Waals surface area (Å²) in [5, 5.41) is 4.00. The molecular weight excluding hydrogens is 226 g/mol. The smallest absolute Gasteiger partial charge is 0.142 e. The fourth-order valence-corrected chi connectivity index (χ4v) is 1.62. The summed E-state index contributed by atoms with van der Waals surface area (Å²) < 4.78 is 10.3. The van der Waals surface area contributed by atoms with Crippen molar-refractivity contribution >= 4 is 17.3 Å². The molecule has 1 rings (SSSR count). The molecule has 0 amide bonds. The van der Waals surface area contributed by atoms with Gasteiger partial charge in [-0.15, -0.1) is 0 Å². The normalized spacial score (nSPS) is 12.2. The molecule has 0 aliphatic heterocycles. The molecule has 0 fully saturated rings. The van der Waals surface area contributed by atoms with Crippen LogP contribution in [0.15, 0.2) is 18.2 Å². The van der Waals surface area contributed by atoms with Crippen LogP contribution in [0.1, 0.15) is 6.92 Å². The number of benzene rings is 1. The second-order valence-electron chi connectivity index (χ2n) is 3.79. The van der Waals surface area contributed by atoms with Crippen molar-refractivity contribution in [1.29, 1.82) is 0 Å². The molecule has 0 aromatic heterocycles. The Morgan fingerprint density at radius 2 is 2.12 bits per heavy atom. The molecule has 0 saturated carbocycles. The van der Waals surface area contributed by atoms with Gasteiger partial charge in [-0.3, -0.25) is 0 Å². The van der Waals surface area contributed by atoms with Crippen LogP contribution < -0.4 is 10.1 Å². The lowest BCUT2D eigenvalue weighted by molar-refractivity contribution is 0.164. The predicted molar refractivity (Wildman–Crippen MR) is 67.5 cm³/mol. The van der Waals surface area contributed by atoms with Crippen molar-refractivity contribution in [3.05, 3.63) is 23.2 Å². The third kappa shape index (κ3) is 3.91. The monoisotopic (exact) mass is 243 g/mol. The summed E-state index contributed by atoms with van der Waals surface area (Å²) in [6, 6.07) is 5.52. The lowest BCUT2D eigenvalue weighted by Gasteiger charge is -2.15. The standard InChI is InChI=1S/C12H18ClNO2/c1-9(8-15-2)7-14-11-6-10(13)4-5-12(11)16-3/h4-6,9,14H,7-8H2,1-3H3. The minimum absolute atomic E-state index is 0.439. The van der Waals surface area contributed by atoms with Crippen molar-refractivity contribution in [3.63, 3.8) is 0 Å². The van der Waals surface area contributed by atoms with Crippen LogP contribution in [0.4, 0.5) is 5.69 Å². The quantitative estimate of drug-likeness (QED) is 0.833. The summed E-state index contributed by atoms with van der Waals surface area (Å²) in [4.78, 5) is 0. The van der Waals surface area contributed by atoms with Gasteiger partial charge in [0.2, 0.25) is 0 Å². The van der Waals surface area contributed by atoms with Crippen LogP contribution in [-0.4, -0.2) is 27.4 Å². The molecule has 4 heteroatoms. The SMILES string of the molecule is COCC(C)CNc1cc(Cl)ccc1OC. The van der Waals surface area contributed by atoms with Gasteiger partial charge in [0.05, 0.1) is 19.4 Å². The number of hydrogen-bond donors (Lipinski definition) is 1. The van der Waals surface area contributed by atoms with Gasteiger partial charge in [0, 0.05) is 18.7 Å². The van der Waals surface area contributed by atoms with E-state index >= 15 is 0 Å². The summed E-state index contributed by atoms with van der Waals surface area (Å²) >= 11 is 5.93. The van der Waals surface area contributed by atoms with Crippen molar-refractivity contribution in [2.24, 2.45) is 5.92 Å². The first-order chi connectivity index (χ1) is 7.67. The molecule has 1 atom stereocenters. The number of ether oxygens (including phenoxy) is 2. The molecule has 0 aliphatic carbocycles. The molecule has 0 spiro atoms. The maximum absolute atomic E-state index is 5.93. The van der Waals surface area contributed by atoms with Gasteiger partial charge in [0.15, 0.2) is 0 Å². The number of methoxy groups -OCH3 is 2. The lowest BCUT2D eigenvalue weighted by atomic mass is 10.2. The highest BCUT2D eigenvalue weighted by Gasteiger charge is 2.06. The van der Waals surface area contributed by atoms with Gasteiger partial charge in [0.25, 0.3) is 0 Å². The van der Waals surface area contributed by atoms with Crippen molar-refractivity contribution in [2.45, 2.75) is 6.92 Å². The number of hydrogen-bond acceptors (Lipinski definition) is 3. The zero-order valence-corrected chi connectivity index (χ0v) is 10.7. The van der Waals surface area contributed by atoms with E-state index in [0.717, 1.165) is 24.6 Å². The van der Waals surface area contributed by atoms with Gasteiger partial charge < -0.3 is 14.8 Å². The summed E-state index contributed by atoms with van der Waals surface area (Å²) in [5.41, 5.74) is 0.915. The van der Waals surface area contributed by atoms with E-state index in [-0.39, 0.29) is 0 Å².